The molecule has 2 rings (SSSR count). The third-order valence-electron chi connectivity index (χ3n) is 5.38. The number of hydrogen-bond acceptors (Lipinski definition) is 3. The van der Waals surface area contributed by atoms with Crippen LogP contribution in [0.4, 0.5) is 0 Å². The van der Waals surface area contributed by atoms with E-state index in [9.17, 15) is 0 Å². The number of likely N-dealkylation sites (tertiary alicyclic amines) is 1. The van der Waals surface area contributed by atoms with Crippen LogP contribution in [0.2, 0.25) is 0 Å². The molecule has 0 aromatic rings. The van der Waals surface area contributed by atoms with Gasteiger partial charge in [-0.3, -0.25) is 0 Å². The van der Waals surface area contributed by atoms with Gasteiger partial charge in [-0.1, -0.05) is 13.8 Å². The Morgan fingerprint density at radius 2 is 2.00 bits per heavy atom. The average molecular weight is 296 g/mol. The van der Waals surface area contributed by atoms with E-state index in [4.69, 9.17) is 4.74 Å². The van der Waals surface area contributed by atoms with Gasteiger partial charge in [0.15, 0.2) is 0 Å². The molecule has 2 aliphatic heterocycles. The molecule has 0 amide bonds. The second-order valence-corrected chi connectivity index (χ2v) is 8.74. The van der Waals surface area contributed by atoms with Crippen molar-refractivity contribution in [3.63, 3.8) is 0 Å². The van der Waals surface area contributed by atoms with E-state index in [0.29, 0.717) is 5.41 Å². The Hall–Kier alpha value is -0.120. The van der Waals surface area contributed by atoms with Crippen LogP contribution in [0.15, 0.2) is 0 Å². The molecule has 3 atom stereocenters. The lowest BCUT2D eigenvalue weighted by Gasteiger charge is -2.45. The topological polar surface area (TPSA) is 24.5 Å². The number of piperidine rings is 1. The van der Waals surface area contributed by atoms with Crippen LogP contribution >= 0.6 is 0 Å². The van der Waals surface area contributed by atoms with Crippen LogP contribution in [0.1, 0.15) is 53.9 Å². The number of nitrogens with one attached hydrogen (secondary N) is 1. The fourth-order valence-electron chi connectivity index (χ4n) is 3.65. The standard InChI is InChI=1S/C18H36N2O/c1-15-7-9-20(11-16(15)2)13-18(8-6-10-21-14-18)12-19-17(3,4)5/h15-16,19H,6-14H2,1-5H3. The molecule has 0 aliphatic carbocycles. The highest BCUT2D eigenvalue weighted by Gasteiger charge is 2.37. The van der Waals surface area contributed by atoms with Crippen LogP contribution in [0, 0.1) is 17.3 Å². The lowest BCUT2D eigenvalue weighted by atomic mass is 9.79. The summed E-state index contributed by atoms with van der Waals surface area (Å²) >= 11 is 0. The first-order valence-corrected chi connectivity index (χ1v) is 8.85. The Kier molecular flexibility index (Phi) is 5.72. The van der Waals surface area contributed by atoms with Crippen molar-refractivity contribution in [2.24, 2.45) is 17.3 Å². The fraction of sp³-hybridized carbons (Fsp3) is 1.00. The molecule has 2 aliphatic rings. The van der Waals surface area contributed by atoms with Crippen molar-refractivity contribution in [1.82, 2.24) is 10.2 Å². The summed E-state index contributed by atoms with van der Waals surface area (Å²) in [7, 11) is 0. The minimum atomic E-state index is 0.189. The second-order valence-electron chi connectivity index (χ2n) is 8.74. The van der Waals surface area contributed by atoms with Crippen LogP contribution in [0.5, 0.6) is 0 Å². The van der Waals surface area contributed by atoms with Gasteiger partial charge in [0.1, 0.15) is 0 Å². The van der Waals surface area contributed by atoms with Gasteiger partial charge in [-0.2, -0.15) is 0 Å². The van der Waals surface area contributed by atoms with Crippen LogP contribution in [0.3, 0.4) is 0 Å². The summed E-state index contributed by atoms with van der Waals surface area (Å²) in [5, 5.41) is 3.74. The number of nitrogens with zero attached hydrogens (tertiary/aromatic N) is 1. The van der Waals surface area contributed by atoms with E-state index >= 15 is 0 Å². The molecule has 21 heavy (non-hydrogen) atoms. The number of hydrogen-bond donors (Lipinski definition) is 1. The van der Waals surface area contributed by atoms with E-state index in [2.05, 4.69) is 44.8 Å². The summed E-state index contributed by atoms with van der Waals surface area (Å²) < 4.78 is 5.87. The summed E-state index contributed by atoms with van der Waals surface area (Å²) in [6.07, 6.45) is 3.87. The number of rotatable bonds is 4. The third kappa shape index (κ3) is 5.22. The van der Waals surface area contributed by atoms with E-state index in [1.165, 1.54) is 38.9 Å². The summed E-state index contributed by atoms with van der Waals surface area (Å²) in [6, 6.07) is 0. The average Bonchev–Trinajstić information content (AvgIpc) is 2.41. The van der Waals surface area contributed by atoms with Gasteiger partial charge < -0.3 is 15.0 Å². The largest absolute Gasteiger partial charge is 0.381 e. The Bertz CT molecular complexity index is 318. The molecular formula is C18H36N2O. The van der Waals surface area contributed by atoms with E-state index in [1.807, 2.05) is 0 Å². The van der Waals surface area contributed by atoms with E-state index in [1.54, 1.807) is 0 Å². The molecule has 2 fully saturated rings. The van der Waals surface area contributed by atoms with E-state index in [-0.39, 0.29) is 5.54 Å². The second kappa shape index (κ2) is 6.97. The lowest BCUT2D eigenvalue weighted by Crippen LogP contribution is -2.54. The quantitative estimate of drug-likeness (QED) is 0.862. The van der Waals surface area contributed by atoms with Crippen molar-refractivity contribution in [2.75, 3.05) is 39.4 Å². The molecule has 2 heterocycles. The van der Waals surface area contributed by atoms with E-state index < -0.39 is 0 Å². The molecule has 0 aromatic heterocycles. The van der Waals surface area contributed by atoms with Gasteiger partial charge >= 0.3 is 0 Å². The molecular weight excluding hydrogens is 260 g/mol. The first-order valence-electron chi connectivity index (χ1n) is 8.85. The molecule has 3 nitrogen and oxygen atoms in total. The predicted molar refractivity (Wildman–Crippen MR) is 89.6 cm³/mol. The van der Waals surface area contributed by atoms with Crippen molar-refractivity contribution in [3.8, 4) is 0 Å². The normalized spacial score (nSPS) is 35.9. The Morgan fingerprint density at radius 1 is 1.24 bits per heavy atom. The molecule has 2 saturated heterocycles. The van der Waals surface area contributed by atoms with Gasteiger partial charge in [0.25, 0.3) is 0 Å². The maximum atomic E-state index is 5.87. The van der Waals surface area contributed by atoms with E-state index in [0.717, 1.165) is 31.6 Å². The zero-order valence-corrected chi connectivity index (χ0v) is 14.9. The SMILES string of the molecule is CC1CCN(CC2(CNC(C)(C)C)CCCOC2)CC1C. The summed E-state index contributed by atoms with van der Waals surface area (Å²) in [5.41, 5.74) is 0.500. The fourth-order valence-corrected chi connectivity index (χ4v) is 3.65. The van der Waals surface area contributed by atoms with Gasteiger partial charge in [-0.05, 0) is 58.4 Å². The molecule has 1 N–H and O–H groups in total. The molecule has 0 spiro atoms. The Balaban J connectivity index is 1.95. The summed E-state index contributed by atoms with van der Waals surface area (Å²) in [6.45, 7) is 18.3. The highest BCUT2D eigenvalue weighted by molar-refractivity contribution is 4.91. The van der Waals surface area contributed by atoms with Crippen molar-refractivity contribution in [2.45, 2.75) is 59.4 Å². The van der Waals surface area contributed by atoms with Gasteiger partial charge in [0.2, 0.25) is 0 Å². The minimum Gasteiger partial charge on any atom is -0.381 e. The molecule has 0 saturated carbocycles. The van der Waals surface area contributed by atoms with Crippen molar-refractivity contribution < 1.29 is 4.74 Å². The Labute approximate surface area is 131 Å². The molecule has 0 aromatic carbocycles. The summed E-state index contributed by atoms with van der Waals surface area (Å²) in [5.74, 6) is 1.71. The maximum absolute atomic E-state index is 5.87. The van der Waals surface area contributed by atoms with Crippen LogP contribution in [-0.2, 0) is 4.74 Å². The van der Waals surface area contributed by atoms with Crippen LogP contribution in [0.25, 0.3) is 0 Å². The monoisotopic (exact) mass is 296 g/mol. The molecule has 3 unspecified atom stereocenters. The van der Waals surface area contributed by atoms with Crippen LogP contribution in [-0.4, -0.2) is 49.8 Å². The highest BCUT2D eigenvalue weighted by Crippen LogP contribution is 2.32. The molecule has 3 heteroatoms. The highest BCUT2D eigenvalue weighted by atomic mass is 16.5. The third-order valence-corrected chi connectivity index (χ3v) is 5.38. The van der Waals surface area contributed by atoms with Crippen molar-refractivity contribution in [1.29, 1.82) is 0 Å². The van der Waals surface area contributed by atoms with Gasteiger partial charge in [0.05, 0.1) is 6.61 Å². The van der Waals surface area contributed by atoms with Crippen molar-refractivity contribution in [3.05, 3.63) is 0 Å². The lowest BCUT2D eigenvalue weighted by molar-refractivity contribution is -0.0368. The molecule has 124 valence electrons. The van der Waals surface area contributed by atoms with Gasteiger partial charge in [0, 0.05) is 37.2 Å². The first kappa shape index (κ1) is 17.2. The first-order chi connectivity index (χ1) is 9.80. The van der Waals surface area contributed by atoms with Gasteiger partial charge in [-0.15, -0.1) is 0 Å². The van der Waals surface area contributed by atoms with Crippen molar-refractivity contribution >= 4 is 0 Å². The number of ether oxygens (including phenoxy) is 1. The zero-order chi connectivity index (χ0) is 15.5. The summed E-state index contributed by atoms with van der Waals surface area (Å²) in [4.78, 5) is 2.70. The maximum Gasteiger partial charge on any atom is 0.0546 e. The van der Waals surface area contributed by atoms with Crippen LogP contribution < -0.4 is 5.32 Å². The Morgan fingerprint density at radius 3 is 2.57 bits per heavy atom. The predicted octanol–water partition coefficient (Wildman–Crippen LogP) is 3.15. The smallest absolute Gasteiger partial charge is 0.0546 e. The minimum absolute atomic E-state index is 0.189. The van der Waals surface area contributed by atoms with Gasteiger partial charge in [-0.25, -0.2) is 0 Å². The zero-order valence-electron chi connectivity index (χ0n) is 14.9. The molecule has 0 bridgehead atoms. The molecule has 0 radical (unpaired) electrons.